The molecule has 5 heteroatoms. The van der Waals surface area contributed by atoms with Gasteiger partial charge in [-0.3, -0.25) is 0 Å². The zero-order chi connectivity index (χ0) is 13.4. The third kappa shape index (κ3) is 1.92. The summed E-state index contributed by atoms with van der Waals surface area (Å²) >= 11 is 3.38. The first-order valence-electron chi connectivity index (χ1n) is 6.14. The fourth-order valence-corrected chi connectivity index (χ4v) is 3.92. The van der Waals surface area contributed by atoms with Crippen LogP contribution >= 0.6 is 22.7 Å². The van der Waals surface area contributed by atoms with Gasteiger partial charge in [0.2, 0.25) is 0 Å². The van der Waals surface area contributed by atoms with Crippen molar-refractivity contribution in [3.05, 3.63) is 54.2 Å². The Hall–Kier alpha value is -2.11. The fourth-order valence-electron chi connectivity index (χ4n) is 2.06. The molecule has 20 heavy (non-hydrogen) atoms. The van der Waals surface area contributed by atoms with Gasteiger partial charge in [-0.2, -0.15) is 0 Å². The van der Waals surface area contributed by atoms with Gasteiger partial charge in [0.1, 0.15) is 10.7 Å². The van der Waals surface area contributed by atoms with Crippen molar-refractivity contribution in [3.8, 4) is 31.9 Å². The number of hydrogen-bond donors (Lipinski definition) is 1. The van der Waals surface area contributed by atoms with Crippen molar-refractivity contribution in [1.82, 2.24) is 9.97 Å². The van der Waals surface area contributed by atoms with Crippen LogP contribution in [0.25, 0.3) is 31.9 Å². The second-order valence-electron chi connectivity index (χ2n) is 4.24. The quantitative estimate of drug-likeness (QED) is 0.570. The molecule has 0 aliphatic carbocycles. The molecule has 0 aliphatic rings. The number of nitrogens with zero attached hydrogens (tertiary/aromatic N) is 1. The van der Waals surface area contributed by atoms with Crippen LogP contribution in [0.3, 0.4) is 0 Å². The van der Waals surface area contributed by atoms with E-state index in [1.165, 1.54) is 4.88 Å². The molecular formula is C15H10N2OS2. The van der Waals surface area contributed by atoms with Crippen LogP contribution in [0.5, 0.6) is 0 Å². The summed E-state index contributed by atoms with van der Waals surface area (Å²) in [6, 6.07) is 12.0. The molecule has 3 nitrogen and oxygen atoms in total. The lowest BCUT2D eigenvalue weighted by atomic mass is 10.2. The minimum Gasteiger partial charge on any atom is -0.463 e. The topological polar surface area (TPSA) is 41.8 Å². The van der Waals surface area contributed by atoms with Crippen molar-refractivity contribution in [1.29, 1.82) is 0 Å². The maximum atomic E-state index is 5.52. The highest BCUT2D eigenvalue weighted by atomic mass is 32.1. The number of aromatic nitrogens is 2. The van der Waals surface area contributed by atoms with E-state index in [4.69, 9.17) is 9.40 Å². The zero-order valence-corrected chi connectivity index (χ0v) is 12.0. The van der Waals surface area contributed by atoms with Crippen LogP contribution < -0.4 is 0 Å². The molecule has 0 spiro atoms. The lowest BCUT2D eigenvalue weighted by Gasteiger charge is -1.95. The van der Waals surface area contributed by atoms with Crippen LogP contribution in [-0.4, -0.2) is 9.97 Å². The van der Waals surface area contributed by atoms with Gasteiger partial charge in [0, 0.05) is 6.20 Å². The molecule has 98 valence electrons. The average molecular weight is 298 g/mol. The van der Waals surface area contributed by atoms with Crippen molar-refractivity contribution in [2.24, 2.45) is 0 Å². The maximum absolute atomic E-state index is 5.52. The number of nitrogens with one attached hydrogen (secondary N) is 1. The Morgan fingerprint density at radius 1 is 1.10 bits per heavy atom. The van der Waals surface area contributed by atoms with Gasteiger partial charge in [0.15, 0.2) is 5.76 Å². The van der Waals surface area contributed by atoms with E-state index in [1.54, 1.807) is 28.9 Å². The third-order valence-corrected chi connectivity index (χ3v) is 5.08. The van der Waals surface area contributed by atoms with E-state index in [2.05, 4.69) is 22.5 Å². The first kappa shape index (κ1) is 11.7. The molecule has 4 heterocycles. The lowest BCUT2D eigenvalue weighted by molar-refractivity contribution is 0.580. The first-order chi connectivity index (χ1) is 9.92. The number of rotatable bonds is 3. The van der Waals surface area contributed by atoms with E-state index in [0.29, 0.717) is 0 Å². The summed E-state index contributed by atoms with van der Waals surface area (Å²) < 4.78 is 5.52. The van der Waals surface area contributed by atoms with E-state index in [0.717, 1.165) is 27.0 Å². The van der Waals surface area contributed by atoms with E-state index < -0.39 is 0 Å². The minimum atomic E-state index is 0.800. The summed E-state index contributed by atoms with van der Waals surface area (Å²) in [6.45, 7) is 0. The van der Waals surface area contributed by atoms with Crippen LogP contribution in [0.1, 0.15) is 0 Å². The Bertz CT molecular complexity index is 745. The van der Waals surface area contributed by atoms with Crippen molar-refractivity contribution >= 4 is 22.7 Å². The highest BCUT2D eigenvalue weighted by Crippen LogP contribution is 2.41. The standard InChI is InChI=1S/C15H10N2OS2/c1-4-10(16-7-1)14-13(11-5-2-8-18-11)17-15(20-14)12-6-3-9-19-12/h1-9,16H. The molecular weight excluding hydrogens is 288 g/mol. The molecule has 0 amide bonds. The number of hydrogen-bond acceptors (Lipinski definition) is 4. The lowest BCUT2D eigenvalue weighted by Crippen LogP contribution is -1.79. The van der Waals surface area contributed by atoms with Gasteiger partial charge >= 0.3 is 0 Å². The summed E-state index contributed by atoms with van der Waals surface area (Å²) in [5, 5.41) is 3.09. The molecule has 0 saturated carbocycles. The summed E-state index contributed by atoms with van der Waals surface area (Å²) in [7, 11) is 0. The van der Waals surface area contributed by atoms with Crippen molar-refractivity contribution < 1.29 is 4.42 Å². The van der Waals surface area contributed by atoms with E-state index in [-0.39, 0.29) is 0 Å². The molecule has 0 unspecified atom stereocenters. The number of thiophene rings is 1. The molecule has 0 saturated heterocycles. The number of furan rings is 1. The van der Waals surface area contributed by atoms with Crippen molar-refractivity contribution in [3.63, 3.8) is 0 Å². The van der Waals surface area contributed by atoms with Crippen LogP contribution in [0.4, 0.5) is 0 Å². The molecule has 0 aromatic carbocycles. The van der Waals surface area contributed by atoms with Gasteiger partial charge in [-0.15, -0.1) is 22.7 Å². The minimum absolute atomic E-state index is 0.800. The molecule has 4 aromatic heterocycles. The highest BCUT2D eigenvalue weighted by Gasteiger charge is 2.18. The van der Waals surface area contributed by atoms with Crippen LogP contribution in [0.2, 0.25) is 0 Å². The maximum Gasteiger partial charge on any atom is 0.153 e. The Labute approximate surface area is 123 Å². The molecule has 0 atom stereocenters. The molecule has 4 aromatic rings. The number of aromatic amines is 1. The number of thiazole rings is 1. The molecule has 0 radical (unpaired) electrons. The second-order valence-corrected chi connectivity index (χ2v) is 6.18. The predicted octanol–water partition coefficient (Wildman–Crippen LogP) is 5.13. The molecule has 4 rings (SSSR count). The van der Waals surface area contributed by atoms with Gasteiger partial charge in [0.25, 0.3) is 0 Å². The number of H-pyrrole nitrogens is 1. The van der Waals surface area contributed by atoms with Crippen LogP contribution in [0, 0.1) is 0 Å². The van der Waals surface area contributed by atoms with Gasteiger partial charge in [0.05, 0.1) is 21.7 Å². The Balaban J connectivity index is 1.92. The molecule has 0 fully saturated rings. The average Bonchev–Trinajstić information content (AvgIpc) is 3.22. The zero-order valence-electron chi connectivity index (χ0n) is 10.4. The van der Waals surface area contributed by atoms with Crippen molar-refractivity contribution in [2.45, 2.75) is 0 Å². The van der Waals surface area contributed by atoms with Gasteiger partial charge in [-0.05, 0) is 35.7 Å². The predicted molar refractivity (Wildman–Crippen MR) is 82.9 cm³/mol. The smallest absolute Gasteiger partial charge is 0.153 e. The second kappa shape index (κ2) is 4.77. The Morgan fingerprint density at radius 2 is 2.10 bits per heavy atom. The summed E-state index contributed by atoms with van der Waals surface area (Å²) in [5.74, 6) is 0.800. The summed E-state index contributed by atoms with van der Waals surface area (Å²) in [4.78, 5) is 10.3. The molecule has 0 bridgehead atoms. The fraction of sp³-hybridized carbons (Fsp3) is 0. The summed E-state index contributed by atoms with van der Waals surface area (Å²) in [6.07, 6.45) is 3.60. The normalized spacial score (nSPS) is 11.0. The van der Waals surface area contributed by atoms with Crippen LogP contribution in [0.15, 0.2) is 58.7 Å². The molecule has 1 N–H and O–H groups in total. The summed E-state index contributed by atoms with van der Waals surface area (Å²) in [5.41, 5.74) is 1.96. The van der Waals surface area contributed by atoms with Gasteiger partial charge in [-0.1, -0.05) is 6.07 Å². The van der Waals surface area contributed by atoms with E-state index >= 15 is 0 Å². The first-order valence-corrected chi connectivity index (χ1v) is 7.84. The monoisotopic (exact) mass is 298 g/mol. The highest BCUT2D eigenvalue weighted by molar-refractivity contribution is 7.23. The largest absolute Gasteiger partial charge is 0.463 e. The van der Waals surface area contributed by atoms with Gasteiger partial charge < -0.3 is 9.40 Å². The Kier molecular flexibility index (Phi) is 2.79. The van der Waals surface area contributed by atoms with E-state index in [9.17, 15) is 0 Å². The molecule has 0 aliphatic heterocycles. The van der Waals surface area contributed by atoms with Crippen molar-refractivity contribution in [2.75, 3.05) is 0 Å². The van der Waals surface area contributed by atoms with Crippen LogP contribution in [-0.2, 0) is 0 Å². The Morgan fingerprint density at radius 3 is 2.80 bits per heavy atom. The van der Waals surface area contributed by atoms with E-state index in [1.807, 2.05) is 30.5 Å². The SMILES string of the molecule is c1c[nH]c(-c2sc(-c3cccs3)nc2-c2ccco2)c1. The third-order valence-electron chi connectivity index (χ3n) is 2.96. The van der Waals surface area contributed by atoms with Gasteiger partial charge in [-0.25, -0.2) is 4.98 Å².